The SMILES string of the molecule is [Cl][Pd][Cl].c1ccc(C2=C(c3ccccc3)C(c3ccccc3)=C2c2ccccc2)cc1. The molecule has 0 spiro atoms. The van der Waals surface area contributed by atoms with Crippen molar-refractivity contribution in [2.24, 2.45) is 0 Å². The normalized spacial score (nSPS) is 12.8. The molecule has 0 N–H and O–H groups in total. The summed E-state index contributed by atoms with van der Waals surface area (Å²) in [7, 11) is 9.63. The third-order valence-corrected chi connectivity index (χ3v) is 5.25. The van der Waals surface area contributed by atoms with Crippen LogP contribution in [0.4, 0.5) is 0 Å². The number of hydrogen-bond donors (Lipinski definition) is 0. The van der Waals surface area contributed by atoms with Crippen molar-refractivity contribution < 1.29 is 15.9 Å². The monoisotopic (exact) mass is 532 g/mol. The summed E-state index contributed by atoms with van der Waals surface area (Å²) in [5.41, 5.74) is 10.4. The van der Waals surface area contributed by atoms with Gasteiger partial charge in [-0.2, -0.15) is 0 Å². The van der Waals surface area contributed by atoms with E-state index in [0.717, 1.165) is 0 Å². The minimum absolute atomic E-state index is 0.106. The standard InChI is InChI=1S/C28H20.2ClH.Pd/c1-5-13-21(14-6-1)25-26(22-15-7-2-8-16-22)28(24-19-11-4-12-20-24)27(25)23-17-9-3-10-18-23;;;/h1-20H;2*1H;/q;;;+2/p-2. The van der Waals surface area contributed by atoms with E-state index in [2.05, 4.69) is 121 Å². The zero-order valence-electron chi connectivity index (χ0n) is 16.6. The van der Waals surface area contributed by atoms with Crippen LogP contribution in [0.1, 0.15) is 22.3 Å². The second-order valence-corrected chi connectivity index (χ2v) is 9.37. The van der Waals surface area contributed by atoms with Crippen LogP contribution in [0.25, 0.3) is 22.3 Å². The van der Waals surface area contributed by atoms with Gasteiger partial charge in [0.05, 0.1) is 0 Å². The average Bonchev–Trinajstić information content (AvgIpc) is 2.82. The molecule has 0 nitrogen and oxygen atoms in total. The summed E-state index contributed by atoms with van der Waals surface area (Å²) < 4.78 is 0. The average molecular weight is 534 g/mol. The Bertz CT molecular complexity index is 980. The van der Waals surface area contributed by atoms with Gasteiger partial charge in [-0.1, -0.05) is 121 Å². The molecule has 0 bridgehead atoms. The molecule has 0 atom stereocenters. The Hall–Kier alpha value is -2.40. The minimum Gasteiger partial charge on any atom is -0.0622 e. The van der Waals surface area contributed by atoms with Crippen molar-refractivity contribution >= 4 is 41.4 Å². The van der Waals surface area contributed by atoms with Gasteiger partial charge in [0.1, 0.15) is 0 Å². The van der Waals surface area contributed by atoms with Crippen molar-refractivity contribution in [1.29, 1.82) is 0 Å². The van der Waals surface area contributed by atoms with Crippen molar-refractivity contribution in [3.63, 3.8) is 0 Å². The first-order valence-corrected chi connectivity index (χ1v) is 13.9. The van der Waals surface area contributed by atoms with Gasteiger partial charge in [-0.25, -0.2) is 0 Å². The molecule has 3 heteroatoms. The van der Waals surface area contributed by atoms with Gasteiger partial charge in [0.15, 0.2) is 0 Å². The Labute approximate surface area is 200 Å². The molecule has 0 radical (unpaired) electrons. The Balaban J connectivity index is 0.000000730. The van der Waals surface area contributed by atoms with Crippen LogP contribution in [-0.4, -0.2) is 0 Å². The molecule has 1 aliphatic carbocycles. The number of halogens is 2. The van der Waals surface area contributed by atoms with Crippen LogP contribution in [0, 0.1) is 0 Å². The van der Waals surface area contributed by atoms with Crippen LogP contribution in [0.15, 0.2) is 121 Å². The molecule has 0 unspecified atom stereocenters. The molecular weight excluding hydrogens is 514 g/mol. The third-order valence-electron chi connectivity index (χ3n) is 5.25. The predicted octanol–water partition coefficient (Wildman–Crippen LogP) is 8.60. The molecule has 0 heterocycles. The van der Waals surface area contributed by atoms with Crippen molar-refractivity contribution in [3.8, 4) is 0 Å². The molecule has 0 aliphatic heterocycles. The Kier molecular flexibility index (Phi) is 7.58. The molecule has 0 amide bonds. The fourth-order valence-electron chi connectivity index (χ4n) is 4.01. The van der Waals surface area contributed by atoms with Crippen LogP contribution in [0.5, 0.6) is 0 Å². The maximum Gasteiger partial charge on any atom is -0.00139 e. The fourth-order valence-corrected chi connectivity index (χ4v) is 4.01. The third kappa shape index (κ3) is 4.77. The molecule has 0 saturated heterocycles. The molecule has 31 heavy (non-hydrogen) atoms. The van der Waals surface area contributed by atoms with E-state index in [-0.39, 0.29) is 15.9 Å². The van der Waals surface area contributed by atoms with Gasteiger partial charge in [0, 0.05) is 0 Å². The summed E-state index contributed by atoms with van der Waals surface area (Å²) in [6.45, 7) is 0. The summed E-state index contributed by atoms with van der Waals surface area (Å²) in [4.78, 5) is 0. The maximum absolute atomic E-state index is 4.81. The zero-order valence-corrected chi connectivity index (χ0v) is 19.7. The van der Waals surface area contributed by atoms with Crippen LogP contribution in [0.2, 0.25) is 0 Å². The van der Waals surface area contributed by atoms with E-state index in [0.29, 0.717) is 0 Å². The van der Waals surface area contributed by atoms with E-state index in [1.165, 1.54) is 44.5 Å². The van der Waals surface area contributed by atoms with Gasteiger partial charge in [-0.15, -0.1) is 0 Å². The van der Waals surface area contributed by atoms with Gasteiger partial charge in [0.25, 0.3) is 0 Å². The molecule has 5 rings (SSSR count). The van der Waals surface area contributed by atoms with E-state index < -0.39 is 0 Å². The molecular formula is C28H20Cl2Pd. The van der Waals surface area contributed by atoms with Crippen LogP contribution >= 0.6 is 19.1 Å². The van der Waals surface area contributed by atoms with E-state index in [4.69, 9.17) is 19.1 Å². The van der Waals surface area contributed by atoms with E-state index in [1.54, 1.807) is 0 Å². The van der Waals surface area contributed by atoms with E-state index in [1.807, 2.05) is 0 Å². The van der Waals surface area contributed by atoms with Crippen LogP contribution in [0.3, 0.4) is 0 Å². The maximum atomic E-state index is 4.81. The van der Waals surface area contributed by atoms with Crippen molar-refractivity contribution in [2.75, 3.05) is 0 Å². The van der Waals surface area contributed by atoms with Gasteiger partial charge in [-0.05, 0) is 44.5 Å². The molecule has 0 fully saturated rings. The van der Waals surface area contributed by atoms with Gasteiger partial charge < -0.3 is 0 Å². The predicted molar refractivity (Wildman–Crippen MR) is 131 cm³/mol. The van der Waals surface area contributed by atoms with Crippen molar-refractivity contribution in [1.82, 2.24) is 0 Å². The number of hydrogen-bond acceptors (Lipinski definition) is 0. The molecule has 0 saturated carbocycles. The molecule has 0 aromatic heterocycles. The Morgan fingerprint density at radius 2 is 0.484 bits per heavy atom. The quantitative estimate of drug-likeness (QED) is 0.230. The van der Waals surface area contributed by atoms with E-state index in [9.17, 15) is 0 Å². The summed E-state index contributed by atoms with van der Waals surface area (Å²) in [5.74, 6) is 0. The summed E-state index contributed by atoms with van der Waals surface area (Å²) in [6, 6.07) is 43.0. The van der Waals surface area contributed by atoms with Gasteiger partial charge >= 0.3 is 35.0 Å². The molecule has 156 valence electrons. The van der Waals surface area contributed by atoms with Gasteiger partial charge in [0.2, 0.25) is 0 Å². The Morgan fingerprint density at radius 3 is 0.645 bits per heavy atom. The van der Waals surface area contributed by atoms with Crippen molar-refractivity contribution in [3.05, 3.63) is 144 Å². The fraction of sp³-hybridized carbons (Fsp3) is 0. The number of allylic oxidation sites excluding steroid dienone is 4. The molecule has 1 aliphatic rings. The summed E-state index contributed by atoms with van der Waals surface area (Å²) in [6.07, 6.45) is 0. The first-order chi connectivity index (χ1) is 15.3. The van der Waals surface area contributed by atoms with Crippen LogP contribution in [-0.2, 0) is 15.9 Å². The molecule has 4 aromatic rings. The smallest absolute Gasteiger partial charge is 0.00139 e. The topological polar surface area (TPSA) is 0 Å². The Morgan fingerprint density at radius 1 is 0.323 bits per heavy atom. The van der Waals surface area contributed by atoms with E-state index >= 15 is 0 Å². The van der Waals surface area contributed by atoms with Crippen LogP contribution < -0.4 is 0 Å². The first-order valence-electron chi connectivity index (χ1n) is 9.88. The van der Waals surface area contributed by atoms with Crippen molar-refractivity contribution in [2.45, 2.75) is 0 Å². The minimum atomic E-state index is -0.106. The zero-order chi connectivity index (χ0) is 21.5. The molecule has 4 aromatic carbocycles. The largest absolute Gasteiger partial charge is 0.0622 e. The second-order valence-electron chi connectivity index (χ2n) is 7.01. The summed E-state index contributed by atoms with van der Waals surface area (Å²) in [5, 5.41) is 0. The first kappa shape index (κ1) is 21.8. The second kappa shape index (κ2) is 10.8. The summed E-state index contributed by atoms with van der Waals surface area (Å²) >= 11 is -0.106. The number of rotatable bonds is 4. The number of benzene rings is 4. The van der Waals surface area contributed by atoms with Gasteiger partial charge in [-0.3, -0.25) is 0 Å².